The van der Waals surface area contributed by atoms with Gasteiger partial charge in [0, 0.05) is 11.6 Å². The quantitative estimate of drug-likeness (QED) is 0.606. The number of thioether (sulfide) groups is 1. The molecule has 1 amide bonds. The van der Waals surface area contributed by atoms with Gasteiger partial charge in [0.05, 0.1) is 24.1 Å². The Hall–Kier alpha value is -2.99. The van der Waals surface area contributed by atoms with E-state index in [0.717, 1.165) is 29.9 Å². The summed E-state index contributed by atoms with van der Waals surface area (Å²) < 4.78 is 12.9. The largest absolute Gasteiger partial charge is 0.467 e. The predicted molar refractivity (Wildman–Crippen MR) is 102 cm³/mol. The van der Waals surface area contributed by atoms with E-state index < -0.39 is 0 Å². The highest BCUT2D eigenvalue weighted by Gasteiger charge is 2.29. The van der Waals surface area contributed by atoms with E-state index in [-0.39, 0.29) is 11.7 Å². The van der Waals surface area contributed by atoms with E-state index in [1.165, 1.54) is 11.8 Å². The van der Waals surface area contributed by atoms with E-state index in [2.05, 4.69) is 21.6 Å². The smallest absolute Gasteiger partial charge is 0.277 e. The third-order valence-electron chi connectivity index (χ3n) is 4.77. The zero-order chi connectivity index (χ0) is 19.7. The maximum atomic E-state index is 12.5. The first kappa shape index (κ1) is 18.4. The van der Waals surface area contributed by atoms with E-state index >= 15 is 0 Å². The molecule has 8 nitrogen and oxygen atoms in total. The monoisotopic (exact) mass is 397 g/mol. The molecule has 0 aliphatic heterocycles. The molecule has 1 aliphatic rings. The van der Waals surface area contributed by atoms with Gasteiger partial charge in [-0.1, -0.05) is 11.8 Å². The van der Waals surface area contributed by atoms with Gasteiger partial charge in [0.25, 0.3) is 5.22 Å². The van der Waals surface area contributed by atoms with Crippen molar-refractivity contribution >= 4 is 23.5 Å². The summed E-state index contributed by atoms with van der Waals surface area (Å²) in [7, 11) is 0. The number of nitrogens with one attached hydrogen (secondary N) is 1. The van der Waals surface area contributed by atoms with Gasteiger partial charge < -0.3 is 18.7 Å². The number of nitrogens with zero attached hydrogens (tertiary/aromatic N) is 4. The molecular formula is C19H19N5O3S. The highest BCUT2D eigenvalue weighted by molar-refractivity contribution is 7.99. The van der Waals surface area contributed by atoms with Crippen LogP contribution in [0, 0.1) is 25.2 Å². The lowest BCUT2D eigenvalue weighted by atomic mass is 10.2. The normalized spacial score (nSPS) is 13.5. The van der Waals surface area contributed by atoms with E-state index in [1.54, 1.807) is 12.3 Å². The van der Waals surface area contributed by atoms with Gasteiger partial charge in [0.1, 0.15) is 17.6 Å². The van der Waals surface area contributed by atoms with Crippen molar-refractivity contribution in [2.75, 3.05) is 11.1 Å². The van der Waals surface area contributed by atoms with Crippen LogP contribution in [0.3, 0.4) is 0 Å². The average molecular weight is 397 g/mol. The summed E-state index contributed by atoms with van der Waals surface area (Å²) in [6, 6.07) is 5.86. The first-order valence-electron chi connectivity index (χ1n) is 8.95. The zero-order valence-electron chi connectivity index (χ0n) is 15.6. The van der Waals surface area contributed by atoms with Crippen molar-refractivity contribution in [3.05, 3.63) is 46.9 Å². The van der Waals surface area contributed by atoms with Gasteiger partial charge in [0.15, 0.2) is 0 Å². The number of hydrogen-bond donors (Lipinski definition) is 1. The Morgan fingerprint density at radius 1 is 1.43 bits per heavy atom. The number of rotatable bonds is 7. The first-order valence-corrected chi connectivity index (χ1v) is 9.93. The maximum Gasteiger partial charge on any atom is 0.277 e. The molecule has 0 unspecified atom stereocenters. The molecule has 1 aliphatic carbocycles. The van der Waals surface area contributed by atoms with Crippen LogP contribution >= 0.6 is 11.8 Å². The molecule has 9 heteroatoms. The molecule has 3 aromatic heterocycles. The minimum Gasteiger partial charge on any atom is -0.467 e. The molecule has 0 radical (unpaired) electrons. The number of hydrogen-bond acceptors (Lipinski definition) is 7. The van der Waals surface area contributed by atoms with Crippen molar-refractivity contribution in [1.82, 2.24) is 14.8 Å². The summed E-state index contributed by atoms with van der Waals surface area (Å²) in [5.74, 6) is 2.11. The highest BCUT2D eigenvalue weighted by Crippen LogP contribution is 2.39. The minimum absolute atomic E-state index is 0.112. The Balaban J connectivity index is 1.48. The van der Waals surface area contributed by atoms with Crippen LogP contribution in [0.4, 0.5) is 5.82 Å². The molecule has 0 saturated heterocycles. The molecule has 1 saturated carbocycles. The van der Waals surface area contributed by atoms with Gasteiger partial charge in [0.2, 0.25) is 11.8 Å². The molecule has 144 valence electrons. The second kappa shape index (κ2) is 7.56. The fraction of sp³-hybridized carbons (Fsp3) is 0.368. The van der Waals surface area contributed by atoms with Gasteiger partial charge in [-0.05, 0) is 44.4 Å². The summed E-state index contributed by atoms with van der Waals surface area (Å²) in [5, 5.41) is 20.8. The standard InChI is InChI=1S/C19H19N5O3S/c1-11-12(2)24(9-14-4-3-7-26-14)17(15(11)8-20)21-16(25)10-28-19-23-22-18(27-19)13-5-6-13/h3-4,7,13H,5-6,9-10H2,1-2H3,(H,21,25). The van der Waals surface area contributed by atoms with Crippen LogP contribution in [0.25, 0.3) is 0 Å². The van der Waals surface area contributed by atoms with Gasteiger partial charge in [-0.15, -0.1) is 10.2 Å². The number of aromatic nitrogens is 3. The van der Waals surface area contributed by atoms with Gasteiger partial charge >= 0.3 is 0 Å². The number of anilines is 1. The second-order valence-corrected chi connectivity index (χ2v) is 7.66. The number of carbonyl (C=O) groups excluding carboxylic acids is 1. The molecule has 4 rings (SSSR count). The molecule has 0 aromatic carbocycles. The van der Waals surface area contributed by atoms with Crippen molar-refractivity contribution in [2.45, 2.75) is 44.4 Å². The summed E-state index contributed by atoms with van der Waals surface area (Å²) in [6.45, 7) is 4.22. The number of nitriles is 1. The van der Waals surface area contributed by atoms with Crippen molar-refractivity contribution < 1.29 is 13.6 Å². The Morgan fingerprint density at radius 3 is 2.93 bits per heavy atom. The van der Waals surface area contributed by atoms with Crippen LogP contribution in [-0.4, -0.2) is 26.4 Å². The lowest BCUT2D eigenvalue weighted by Crippen LogP contribution is -2.18. The summed E-state index contributed by atoms with van der Waals surface area (Å²) >= 11 is 1.19. The molecule has 0 bridgehead atoms. The Labute approximate surface area is 165 Å². The lowest BCUT2D eigenvalue weighted by molar-refractivity contribution is -0.113. The SMILES string of the molecule is Cc1c(C#N)c(NC(=O)CSc2nnc(C3CC3)o2)n(Cc2ccco2)c1C. The Bertz CT molecular complexity index is 1040. The Kier molecular flexibility index (Phi) is 4.96. The summed E-state index contributed by atoms with van der Waals surface area (Å²) in [6.07, 6.45) is 3.76. The van der Waals surface area contributed by atoms with Crippen molar-refractivity contribution in [1.29, 1.82) is 5.26 Å². The van der Waals surface area contributed by atoms with Crippen molar-refractivity contribution in [3.63, 3.8) is 0 Å². The van der Waals surface area contributed by atoms with Crippen LogP contribution in [-0.2, 0) is 11.3 Å². The van der Waals surface area contributed by atoms with Crippen LogP contribution in [0.5, 0.6) is 0 Å². The van der Waals surface area contributed by atoms with Gasteiger partial charge in [-0.2, -0.15) is 5.26 Å². The highest BCUT2D eigenvalue weighted by atomic mass is 32.2. The van der Waals surface area contributed by atoms with Crippen LogP contribution in [0.1, 0.15) is 47.2 Å². The van der Waals surface area contributed by atoms with Crippen molar-refractivity contribution in [3.8, 4) is 6.07 Å². The van der Waals surface area contributed by atoms with Crippen LogP contribution in [0.2, 0.25) is 0 Å². The third kappa shape index (κ3) is 3.68. The third-order valence-corrected chi connectivity index (χ3v) is 5.59. The molecule has 1 N–H and O–H groups in total. The van der Waals surface area contributed by atoms with Gasteiger partial charge in [-0.3, -0.25) is 4.79 Å². The summed E-state index contributed by atoms with van der Waals surface area (Å²) in [5.41, 5.74) is 2.20. The molecule has 0 atom stereocenters. The van der Waals surface area contributed by atoms with Crippen LogP contribution < -0.4 is 5.32 Å². The molecule has 0 spiro atoms. The minimum atomic E-state index is -0.245. The number of carbonyl (C=O) groups is 1. The molecule has 3 aromatic rings. The average Bonchev–Trinajstić information content (AvgIpc) is 3.13. The topological polar surface area (TPSA) is 110 Å². The predicted octanol–water partition coefficient (Wildman–Crippen LogP) is 3.61. The number of furan rings is 1. The molecule has 1 fully saturated rings. The second-order valence-electron chi connectivity index (χ2n) is 6.73. The molecule has 28 heavy (non-hydrogen) atoms. The lowest BCUT2D eigenvalue weighted by Gasteiger charge is -2.11. The van der Waals surface area contributed by atoms with E-state index in [1.807, 2.05) is 24.5 Å². The van der Waals surface area contributed by atoms with E-state index in [9.17, 15) is 10.1 Å². The summed E-state index contributed by atoms with van der Waals surface area (Å²) in [4.78, 5) is 12.5. The zero-order valence-corrected chi connectivity index (χ0v) is 16.4. The van der Waals surface area contributed by atoms with E-state index in [4.69, 9.17) is 8.83 Å². The fourth-order valence-corrected chi connectivity index (χ4v) is 3.53. The Morgan fingerprint density at radius 2 is 2.25 bits per heavy atom. The molecular weight excluding hydrogens is 378 g/mol. The van der Waals surface area contributed by atoms with Crippen LogP contribution in [0.15, 0.2) is 32.5 Å². The number of amides is 1. The molecule has 3 heterocycles. The fourth-order valence-electron chi connectivity index (χ4n) is 2.96. The van der Waals surface area contributed by atoms with E-state index in [0.29, 0.717) is 35.0 Å². The van der Waals surface area contributed by atoms with Gasteiger partial charge in [-0.25, -0.2) is 0 Å². The van der Waals surface area contributed by atoms with Crippen molar-refractivity contribution in [2.24, 2.45) is 0 Å². The maximum absolute atomic E-state index is 12.5. The first-order chi connectivity index (χ1) is 13.6.